The van der Waals surface area contributed by atoms with Gasteiger partial charge in [-0.3, -0.25) is 0 Å². The summed E-state index contributed by atoms with van der Waals surface area (Å²) in [6.07, 6.45) is 0. The van der Waals surface area contributed by atoms with Crippen molar-refractivity contribution in [3.8, 4) is 10.6 Å². The predicted molar refractivity (Wildman–Crippen MR) is 58.3 cm³/mol. The van der Waals surface area contributed by atoms with E-state index >= 15 is 0 Å². The van der Waals surface area contributed by atoms with E-state index in [9.17, 15) is 0 Å². The highest BCUT2D eigenvalue weighted by atomic mass is 32.1. The summed E-state index contributed by atoms with van der Waals surface area (Å²) < 4.78 is 5.35. The van der Waals surface area contributed by atoms with E-state index in [1.54, 1.807) is 0 Å². The normalized spacial score (nSPS) is 14.1. The topological polar surface area (TPSA) is 61.0 Å². The first-order valence-corrected chi connectivity index (χ1v) is 5.43. The van der Waals surface area contributed by atoms with Gasteiger partial charge in [0.1, 0.15) is 5.01 Å². The molecule has 5 heteroatoms. The molecule has 0 bridgehead atoms. The lowest BCUT2D eigenvalue weighted by atomic mass is 10.1. The standard InChI is InChI=1S/C10H9N3OS/c11-10-13-12-9(15-10)6-1-2-7-4-14-5-8(7)3-6/h1-3H,4-5H2,(H2,11,13). The molecule has 1 aliphatic rings. The molecule has 0 radical (unpaired) electrons. The molecule has 3 rings (SSSR count). The molecule has 0 amide bonds. The van der Waals surface area contributed by atoms with Crippen LogP contribution in [0.25, 0.3) is 10.6 Å². The Kier molecular flexibility index (Phi) is 1.93. The highest BCUT2D eigenvalue weighted by Crippen LogP contribution is 2.29. The molecule has 0 atom stereocenters. The number of hydrogen-bond donors (Lipinski definition) is 1. The number of fused-ring (bicyclic) bond motifs is 1. The van der Waals surface area contributed by atoms with E-state index in [0.717, 1.165) is 10.6 Å². The van der Waals surface area contributed by atoms with E-state index < -0.39 is 0 Å². The van der Waals surface area contributed by atoms with Gasteiger partial charge in [0, 0.05) is 5.56 Å². The zero-order valence-corrected chi connectivity index (χ0v) is 8.75. The van der Waals surface area contributed by atoms with Crippen molar-refractivity contribution < 1.29 is 4.74 Å². The molecule has 1 aromatic carbocycles. The van der Waals surface area contributed by atoms with E-state index in [1.165, 1.54) is 22.5 Å². The summed E-state index contributed by atoms with van der Waals surface area (Å²) in [5, 5.41) is 9.18. The average molecular weight is 219 g/mol. The first kappa shape index (κ1) is 8.82. The SMILES string of the molecule is Nc1nnc(-c2ccc3c(c2)COC3)s1. The number of nitrogens with zero attached hydrogens (tertiary/aromatic N) is 2. The van der Waals surface area contributed by atoms with Crippen molar-refractivity contribution in [1.29, 1.82) is 0 Å². The van der Waals surface area contributed by atoms with Gasteiger partial charge < -0.3 is 10.5 Å². The summed E-state index contributed by atoms with van der Waals surface area (Å²) in [6, 6.07) is 6.21. The lowest BCUT2D eigenvalue weighted by Crippen LogP contribution is -1.84. The number of ether oxygens (including phenoxy) is 1. The molecule has 0 fully saturated rings. The Morgan fingerprint density at radius 2 is 2.07 bits per heavy atom. The van der Waals surface area contributed by atoms with Crippen LogP contribution in [0.5, 0.6) is 0 Å². The van der Waals surface area contributed by atoms with Crippen LogP contribution in [0.4, 0.5) is 5.13 Å². The highest BCUT2D eigenvalue weighted by molar-refractivity contribution is 7.18. The lowest BCUT2D eigenvalue weighted by Gasteiger charge is -1.99. The van der Waals surface area contributed by atoms with Crippen molar-refractivity contribution >= 4 is 16.5 Å². The molecule has 2 N–H and O–H groups in total. The smallest absolute Gasteiger partial charge is 0.203 e. The van der Waals surface area contributed by atoms with Crippen LogP contribution in [-0.2, 0) is 18.0 Å². The quantitative estimate of drug-likeness (QED) is 0.794. The van der Waals surface area contributed by atoms with Crippen LogP contribution >= 0.6 is 11.3 Å². The van der Waals surface area contributed by atoms with Crippen LogP contribution in [0.3, 0.4) is 0 Å². The minimum atomic E-state index is 0.502. The summed E-state index contributed by atoms with van der Waals surface area (Å²) in [7, 11) is 0. The number of nitrogen functional groups attached to an aromatic ring is 1. The maximum absolute atomic E-state index is 5.55. The summed E-state index contributed by atoms with van der Waals surface area (Å²) in [5.74, 6) is 0. The predicted octanol–water partition coefficient (Wildman–Crippen LogP) is 1.82. The molecule has 0 saturated carbocycles. The van der Waals surface area contributed by atoms with Gasteiger partial charge >= 0.3 is 0 Å². The van der Waals surface area contributed by atoms with Crippen LogP contribution in [0.15, 0.2) is 18.2 Å². The van der Waals surface area contributed by atoms with Crippen molar-refractivity contribution in [2.45, 2.75) is 13.2 Å². The van der Waals surface area contributed by atoms with E-state index in [4.69, 9.17) is 10.5 Å². The van der Waals surface area contributed by atoms with Crippen molar-refractivity contribution in [2.75, 3.05) is 5.73 Å². The van der Waals surface area contributed by atoms with Crippen LogP contribution in [-0.4, -0.2) is 10.2 Å². The highest BCUT2D eigenvalue weighted by Gasteiger charge is 2.13. The summed E-state index contributed by atoms with van der Waals surface area (Å²) in [5.41, 5.74) is 9.11. The fraction of sp³-hybridized carbons (Fsp3) is 0.200. The van der Waals surface area contributed by atoms with Gasteiger partial charge in [-0.15, -0.1) is 10.2 Å². The fourth-order valence-corrected chi connectivity index (χ4v) is 2.26. The second-order valence-electron chi connectivity index (χ2n) is 3.42. The zero-order valence-electron chi connectivity index (χ0n) is 7.93. The van der Waals surface area contributed by atoms with Crippen LogP contribution in [0.1, 0.15) is 11.1 Å². The first-order valence-electron chi connectivity index (χ1n) is 4.62. The maximum Gasteiger partial charge on any atom is 0.203 e. The van der Waals surface area contributed by atoms with Crippen LogP contribution < -0.4 is 5.73 Å². The van der Waals surface area contributed by atoms with Gasteiger partial charge in [-0.1, -0.05) is 23.5 Å². The fourth-order valence-electron chi connectivity index (χ4n) is 1.66. The van der Waals surface area contributed by atoms with Gasteiger partial charge in [0.15, 0.2) is 0 Å². The minimum absolute atomic E-state index is 0.502. The Morgan fingerprint density at radius 1 is 1.20 bits per heavy atom. The van der Waals surface area contributed by atoms with E-state index in [0.29, 0.717) is 18.3 Å². The molecular weight excluding hydrogens is 210 g/mol. The molecule has 0 saturated heterocycles. The van der Waals surface area contributed by atoms with Crippen LogP contribution in [0, 0.1) is 0 Å². The lowest BCUT2D eigenvalue weighted by molar-refractivity contribution is 0.134. The summed E-state index contributed by atoms with van der Waals surface area (Å²) in [4.78, 5) is 0. The number of nitrogens with two attached hydrogens (primary N) is 1. The van der Waals surface area contributed by atoms with Gasteiger partial charge in [0.05, 0.1) is 13.2 Å². The molecule has 0 aliphatic carbocycles. The molecule has 2 heterocycles. The molecule has 4 nitrogen and oxygen atoms in total. The molecule has 1 aromatic heterocycles. The third-order valence-corrected chi connectivity index (χ3v) is 3.21. The van der Waals surface area contributed by atoms with Gasteiger partial charge in [-0.05, 0) is 17.2 Å². The Balaban J connectivity index is 2.06. The monoisotopic (exact) mass is 219 g/mol. The number of anilines is 1. The van der Waals surface area contributed by atoms with Crippen molar-refractivity contribution in [3.63, 3.8) is 0 Å². The van der Waals surface area contributed by atoms with E-state index in [-0.39, 0.29) is 0 Å². The van der Waals surface area contributed by atoms with Crippen molar-refractivity contribution in [1.82, 2.24) is 10.2 Å². The zero-order chi connectivity index (χ0) is 10.3. The minimum Gasteiger partial charge on any atom is -0.374 e. The maximum atomic E-state index is 5.55. The Hall–Kier alpha value is -1.46. The number of benzene rings is 1. The van der Waals surface area contributed by atoms with Gasteiger partial charge in [0.25, 0.3) is 0 Å². The van der Waals surface area contributed by atoms with Gasteiger partial charge in [-0.2, -0.15) is 0 Å². The van der Waals surface area contributed by atoms with E-state index in [1.807, 2.05) is 6.07 Å². The average Bonchev–Trinajstić information content (AvgIpc) is 2.84. The third-order valence-electron chi connectivity index (χ3n) is 2.41. The summed E-state index contributed by atoms with van der Waals surface area (Å²) >= 11 is 1.40. The van der Waals surface area contributed by atoms with Crippen molar-refractivity contribution in [2.24, 2.45) is 0 Å². The van der Waals surface area contributed by atoms with Crippen LogP contribution in [0.2, 0.25) is 0 Å². The largest absolute Gasteiger partial charge is 0.374 e. The second-order valence-corrected chi connectivity index (χ2v) is 4.43. The van der Waals surface area contributed by atoms with Gasteiger partial charge in [0.2, 0.25) is 5.13 Å². The van der Waals surface area contributed by atoms with Crippen molar-refractivity contribution in [3.05, 3.63) is 29.3 Å². The Bertz CT molecular complexity index is 509. The molecule has 0 unspecified atom stereocenters. The van der Waals surface area contributed by atoms with Gasteiger partial charge in [-0.25, -0.2) is 0 Å². The number of aromatic nitrogens is 2. The second kappa shape index (κ2) is 3.29. The molecule has 0 spiro atoms. The molecule has 1 aliphatic heterocycles. The number of rotatable bonds is 1. The number of hydrogen-bond acceptors (Lipinski definition) is 5. The Labute approximate surface area is 90.7 Å². The molecule has 76 valence electrons. The summed E-state index contributed by atoms with van der Waals surface area (Å²) in [6.45, 7) is 1.41. The van der Waals surface area contributed by atoms with E-state index in [2.05, 4.69) is 22.3 Å². The Morgan fingerprint density at radius 3 is 2.87 bits per heavy atom. The third kappa shape index (κ3) is 1.49. The first-order chi connectivity index (χ1) is 7.33. The molecule has 15 heavy (non-hydrogen) atoms. The molecule has 2 aromatic rings. The molecular formula is C10H9N3OS.